The average Bonchev–Trinajstić information content (AvgIpc) is 2.31. The highest BCUT2D eigenvalue weighted by atomic mass is 16.5. The number of ether oxygens (including phenoxy) is 1. The Balaban J connectivity index is 2.32. The van der Waals surface area contributed by atoms with Gasteiger partial charge < -0.3 is 4.74 Å². The second-order valence-electron chi connectivity index (χ2n) is 5.07. The second kappa shape index (κ2) is 3.34. The SMILES string of the molecule is C[C@@H]1O[C@@H]2CCCCC(=O)[C@]2(C)[C@H]1C. The highest BCUT2D eigenvalue weighted by molar-refractivity contribution is 5.86. The van der Waals surface area contributed by atoms with E-state index in [0.717, 1.165) is 25.7 Å². The van der Waals surface area contributed by atoms with E-state index >= 15 is 0 Å². The first-order chi connectivity index (χ1) is 6.56. The summed E-state index contributed by atoms with van der Waals surface area (Å²) in [4.78, 5) is 12.1. The predicted molar refractivity (Wildman–Crippen MR) is 55.1 cm³/mol. The first kappa shape index (κ1) is 10.2. The molecule has 1 aliphatic heterocycles. The van der Waals surface area contributed by atoms with Gasteiger partial charge in [0.25, 0.3) is 0 Å². The van der Waals surface area contributed by atoms with Gasteiger partial charge in [-0.1, -0.05) is 13.3 Å². The first-order valence-corrected chi connectivity index (χ1v) is 5.75. The second-order valence-corrected chi connectivity index (χ2v) is 5.07. The normalized spacial score (nSPS) is 48.8. The molecule has 0 amide bonds. The van der Waals surface area contributed by atoms with Crippen molar-refractivity contribution in [3.05, 3.63) is 0 Å². The Morgan fingerprint density at radius 3 is 2.79 bits per heavy atom. The molecule has 1 saturated carbocycles. The summed E-state index contributed by atoms with van der Waals surface area (Å²) in [6, 6.07) is 0. The van der Waals surface area contributed by atoms with E-state index in [1.54, 1.807) is 0 Å². The lowest BCUT2D eigenvalue weighted by atomic mass is 9.70. The lowest BCUT2D eigenvalue weighted by Crippen LogP contribution is -2.39. The fourth-order valence-electron chi connectivity index (χ4n) is 2.99. The smallest absolute Gasteiger partial charge is 0.141 e. The zero-order chi connectivity index (χ0) is 10.3. The van der Waals surface area contributed by atoms with Crippen LogP contribution >= 0.6 is 0 Å². The van der Waals surface area contributed by atoms with Gasteiger partial charge in [0.1, 0.15) is 5.78 Å². The third-order valence-corrected chi connectivity index (χ3v) is 4.42. The molecule has 0 radical (unpaired) electrons. The Bertz CT molecular complexity index is 249. The number of hydrogen-bond donors (Lipinski definition) is 0. The van der Waals surface area contributed by atoms with Crippen LogP contribution in [0.4, 0.5) is 0 Å². The minimum absolute atomic E-state index is 0.183. The van der Waals surface area contributed by atoms with Gasteiger partial charge in [-0.2, -0.15) is 0 Å². The van der Waals surface area contributed by atoms with Gasteiger partial charge in [0.2, 0.25) is 0 Å². The zero-order valence-electron chi connectivity index (χ0n) is 9.38. The van der Waals surface area contributed by atoms with Gasteiger partial charge in [0.15, 0.2) is 0 Å². The third-order valence-electron chi connectivity index (χ3n) is 4.42. The Kier molecular flexibility index (Phi) is 2.42. The average molecular weight is 196 g/mol. The van der Waals surface area contributed by atoms with E-state index in [-0.39, 0.29) is 17.6 Å². The molecule has 0 aromatic carbocycles. The van der Waals surface area contributed by atoms with Gasteiger partial charge >= 0.3 is 0 Å². The van der Waals surface area contributed by atoms with Crippen molar-refractivity contribution >= 4 is 5.78 Å². The molecule has 2 heteroatoms. The van der Waals surface area contributed by atoms with E-state index in [4.69, 9.17) is 4.74 Å². The summed E-state index contributed by atoms with van der Waals surface area (Å²) in [5.41, 5.74) is -0.198. The van der Waals surface area contributed by atoms with Gasteiger partial charge in [0, 0.05) is 6.42 Å². The minimum Gasteiger partial charge on any atom is -0.374 e. The molecule has 2 nitrogen and oxygen atoms in total. The predicted octanol–water partition coefficient (Wildman–Crippen LogP) is 2.56. The molecule has 0 aromatic heterocycles. The van der Waals surface area contributed by atoms with E-state index in [9.17, 15) is 4.79 Å². The molecule has 0 aromatic rings. The highest BCUT2D eigenvalue weighted by Gasteiger charge is 2.53. The van der Waals surface area contributed by atoms with Crippen LogP contribution in [0, 0.1) is 11.3 Å². The maximum absolute atomic E-state index is 12.1. The molecule has 2 aliphatic rings. The van der Waals surface area contributed by atoms with E-state index in [2.05, 4.69) is 20.8 Å². The topological polar surface area (TPSA) is 26.3 Å². The van der Waals surface area contributed by atoms with Crippen molar-refractivity contribution in [2.75, 3.05) is 0 Å². The summed E-state index contributed by atoms with van der Waals surface area (Å²) in [7, 11) is 0. The number of rotatable bonds is 0. The molecule has 1 heterocycles. The molecule has 0 unspecified atom stereocenters. The van der Waals surface area contributed by atoms with Crippen molar-refractivity contribution < 1.29 is 9.53 Å². The third kappa shape index (κ3) is 1.23. The molecule has 2 fully saturated rings. The van der Waals surface area contributed by atoms with E-state index in [1.165, 1.54) is 0 Å². The number of hydrogen-bond acceptors (Lipinski definition) is 2. The molecular formula is C12H20O2. The van der Waals surface area contributed by atoms with Crippen LogP contribution in [0.25, 0.3) is 0 Å². The summed E-state index contributed by atoms with van der Waals surface area (Å²) in [6.07, 6.45) is 4.44. The maximum atomic E-state index is 12.1. The standard InChI is InChI=1S/C12H20O2/c1-8-9(2)14-11-7-5-4-6-10(13)12(8,11)3/h8-9,11H,4-7H2,1-3H3/t8-,9-,11+,12-/m0/s1. The lowest BCUT2D eigenvalue weighted by Gasteiger charge is -2.30. The van der Waals surface area contributed by atoms with Crippen LogP contribution in [0.1, 0.15) is 46.5 Å². The fraction of sp³-hybridized carbons (Fsp3) is 0.917. The number of ketones is 1. The van der Waals surface area contributed by atoms with Crippen molar-refractivity contribution in [1.29, 1.82) is 0 Å². The molecule has 1 aliphatic carbocycles. The minimum atomic E-state index is -0.198. The molecule has 2 rings (SSSR count). The van der Waals surface area contributed by atoms with Crippen LogP contribution in [0.2, 0.25) is 0 Å². The largest absolute Gasteiger partial charge is 0.374 e. The van der Waals surface area contributed by atoms with Gasteiger partial charge in [-0.15, -0.1) is 0 Å². The van der Waals surface area contributed by atoms with Crippen LogP contribution in [0.3, 0.4) is 0 Å². The Morgan fingerprint density at radius 1 is 1.36 bits per heavy atom. The summed E-state index contributed by atoms with van der Waals surface area (Å²) in [6.45, 7) is 6.37. The van der Waals surface area contributed by atoms with Gasteiger partial charge in [0.05, 0.1) is 17.6 Å². The Morgan fingerprint density at radius 2 is 2.07 bits per heavy atom. The van der Waals surface area contributed by atoms with Gasteiger partial charge in [-0.3, -0.25) is 4.79 Å². The molecule has 14 heavy (non-hydrogen) atoms. The number of carbonyl (C=O) groups is 1. The molecule has 80 valence electrons. The Hall–Kier alpha value is -0.370. The van der Waals surface area contributed by atoms with E-state index in [1.807, 2.05) is 0 Å². The summed E-state index contributed by atoms with van der Waals surface area (Å²) < 4.78 is 5.91. The van der Waals surface area contributed by atoms with Crippen LogP contribution in [-0.2, 0) is 9.53 Å². The van der Waals surface area contributed by atoms with E-state index < -0.39 is 0 Å². The van der Waals surface area contributed by atoms with Crippen LogP contribution in [0.5, 0.6) is 0 Å². The molecule has 1 saturated heterocycles. The molecule has 4 atom stereocenters. The van der Waals surface area contributed by atoms with Crippen molar-refractivity contribution in [2.24, 2.45) is 11.3 Å². The van der Waals surface area contributed by atoms with Crippen molar-refractivity contribution in [3.63, 3.8) is 0 Å². The van der Waals surface area contributed by atoms with Crippen LogP contribution in [0.15, 0.2) is 0 Å². The first-order valence-electron chi connectivity index (χ1n) is 5.75. The van der Waals surface area contributed by atoms with Crippen LogP contribution in [-0.4, -0.2) is 18.0 Å². The van der Waals surface area contributed by atoms with Crippen molar-refractivity contribution in [3.8, 4) is 0 Å². The maximum Gasteiger partial charge on any atom is 0.141 e. The summed E-state index contributed by atoms with van der Waals surface area (Å²) >= 11 is 0. The highest BCUT2D eigenvalue weighted by Crippen LogP contribution is 2.48. The van der Waals surface area contributed by atoms with Crippen LogP contribution < -0.4 is 0 Å². The zero-order valence-corrected chi connectivity index (χ0v) is 9.38. The van der Waals surface area contributed by atoms with Crippen molar-refractivity contribution in [2.45, 2.75) is 58.7 Å². The quantitative estimate of drug-likeness (QED) is 0.595. The van der Waals surface area contributed by atoms with Gasteiger partial charge in [-0.25, -0.2) is 0 Å². The molecular weight excluding hydrogens is 176 g/mol. The van der Waals surface area contributed by atoms with Crippen molar-refractivity contribution in [1.82, 2.24) is 0 Å². The molecule has 0 N–H and O–H groups in total. The lowest BCUT2D eigenvalue weighted by molar-refractivity contribution is -0.131. The fourth-order valence-corrected chi connectivity index (χ4v) is 2.99. The number of carbonyl (C=O) groups excluding carboxylic acids is 1. The Labute approximate surface area is 86.0 Å². The number of Topliss-reactive ketones (excluding diaryl/α,β-unsaturated/α-hetero) is 1. The van der Waals surface area contributed by atoms with Gasteiger partial charge in [-0.05, 0) is 32.6 Å². The monoisotopic (exact) mass is 196 g/mol. The summed E-state index contributed by atoms with van der Waals surface area (Å²) in [5.74, 6) is 0.801. The summed E-state index contributed by atoms with van der Waals surface area (Å²) in [5, 5.41) is 0. The van der Waals surface area contributed by atoms with E-state index in [0.29, 0.717) is 11.7 Å². The molecule has 0 spiro atoms. The number of fused-ring (bicyclic) bond motifs is 1. The molecule has 0 bridgehead atoms.